The average molecular weight is 565 g/mol. The number of piperidine rings is 1. The van der Waals surface area contributed by atoms with Crippen LogP contribution < -0.4 is 0 Å². The number of hydrogen-bond donors (Lipinski definition) is 1. The molecule has 1 heterocycles. The summed E-state index contributed by atoms with van der Waals surface area (Å²) in [5, 5.41) is 19.9. The van der Waals surface area contributed by atoms with Crippen molar-refractivity contribution in [2.45, 2.75) is 51.4 Å². The summed E-state index contributed by atoms with van der Waals surface area (Å²) in [5.41, 5.74) is 4.12. The van der Waals surface area contributed by atoms with E-state index in [1.165, 1.54) is 18.2 Å². The van der Waals surface area contributed by atoms with E-state index in [0.717, 1.165) is 27.8 Å². The molecule has 1 saturated heterocycles. The van der Waals surface area contributed by atoms with E-state index in [-0.39, 0.29) is 24.7 Å². The van der Waals surface area contributed by atoms with Gasteiger partial charge in [0, 0.05) is 19.5 Å². The van der Waals surface area contributed by atoms with Crippen LogP contribution in [0.2, 0.25) is 0 Å². The van der Waals surface area contributed by atoms with Crippen molar-refractivity contribution in [2.24, 2.45) is 0 Å². The second-order valence-corrected chi connectivity index (χ2v) is 10.6. The van der Waals surface area contributed by atoms with Crippen LogP contribution >= 0.6 is 0 Å². The molecule has 0 bridgehead atoms. The number of ether oxygens (including phenoxy) is 2. The Morgan fingerprint density at radius 3 is 2.45 bits per heavy atom. The number of carbonyl (C=O) groups is 1. The molecule has 214 valence electrons. The van der Waals surface area contributed by atoms with Crippen LogP contribution in [0.5, 0.6) is 0 Å². The molecular formula is C35H33FN2O4. The lowest BCUT2D eigenvalue weighted by Crippen LogP contribution is -2.61. The number of nitriles is 1. The van der Waals surface area contributed by atoms with Gasteiger partial charge in [-0.3, -0.25) is 4.90 Å². The second kappa shape index (κ2) is 13.1. The molecular weight excluding hydrogens is 531 g/mol. The van der Waals surface area contributed by atoms with Crippen LogP contribution in [-0.4, -0.2) is 34.3 Å². The lowest BCUT2D eigenvalue weighted by atomic mass is 9.93. The summed E-state index contributed by atoms with van der Waals surface area (Å²) in [6, 6.07) is 31.9. The van der Waals surface area contributed by atoms with Crippen molar-refractivity contribution in [3.05, 3.63) is 131 Å². The maximum atomic E-state index is 13.9. The zero-order chi connectivity index (χ0) is 29.5. The first-order chi connectivity index (χ1) is 20.4. The number of aliphatic carboxylic acids is 1. The van der Waals surface area contributed by atoms with Gasteiger partial charge in [-0.15, -0.1) is 0 Å². The molecule has 1 aliphatic rings. The minimum absolute atomic E-state index is 0.0997. The smallest absolute Gasteiger partial charge is 0.351 e. The van der Waals surface area contributed by atoms with E-state index in [0.29, 0.717) is 31.7 Å². The van der Waals surface area contributed by atoms with Gasteiger partial charge in [-0.25, -0.2) is 9.18 Å². The van der Waals surface area contributed by atoms with Gasteiger partial charge in [0.1, 0.15) is 11.9 Å². The van der Waals surface area contributed by atoms with Crippen LogP contribution in [0, 0.1) is 24.1 Å². The van der Waals surface area contributed by atoms with Gasteiger partial charge in [0.15, 0.2) is 0 Å². The van der Waals surface area contributed by atoms with Crippen molar-refractivity contribution < 1.29 is 23.8 Å². The summed E-state index contributed by atoms with van der Waals surface area (Å²) < 4.78 is 26.5. The first-order valence-corrected chi connectivity index (χ1v) is 14.0. The Hall–Kier alpha value is -4.35. The number of carboxylic acids is 1. The molecule has 1 fully saturated rings. The largest absolute Gasteiger partial charge is 0.478 e. The van der Waals surface area contributed by atoms with E-state index in [1.807, 2.05) is 71.6 Å². The quantitative estimate of drug-likeness (QED) is 0.227. The Kier molecular flexibility index (Phi) is 9.09. The van der Waals surface area contributed by atoms with Crippen molar-refractivity contribution in [1.29, 1.82) is 5.26 Å². The summed E-state index contributed by atoms with van der Waals surface area (Å²) in [7, 11) is 0. The van der Waals surface area contributed by atoms with Crippen molar-refractivity contribution in [3.63, 3.8) is 0 Å². The molecule has 0 radical (unpaired) electrons. The zero-order valence-electron chi connectivity index (χ0n) is 23.5. The van der Waals surface area contributed by atoms with Gasteiger partial charge in [0.2, 0.25) is 5.72 Å². The van der Waals surface area contributed by atoms with Crippen molar-refractivity contribution in [1.82, 2.24) is 4.90 Å². The molecule has 1 aliphatic heterocycles. The highest BCUT2D eigenvalue weighted by Crippen LogP contribution is 2.35. The molecule has 0 aliphatic carbocycles. The van der Waals surface area contributed by atoms with Crippen LogP contribution in [0.25, 0.3) is 11.1 Å². The molecule has 1 N–H and O–H groups in total. The zero-order valence-corrected chi connectivity index (χ0v) is 23.5. The summed E-state index contributed by atoms with van der Waals surface area (Å²) in [6.07, 6.45) is 0.382. The standard InChI is InChI=1S/C35H33FN2O4/c1-25-29(13-8-14-32(25)28-11-6-3-7-12-28)24-41-31-17-18-38(22-26-9-4-2-5-10-26)35(20-31,34(39)40)42-23-27-15-16-33(36)30(19-27)21-37/h2-16,19,31H,17-18,20,22-24H2,1H3,(H,39,40). The van der Waals surface area contributed by atoms with Crippen LogP contribution in [0.15, 0.2) is 97.1 Å². The number of likely N-dealkylation sites (tertiary alicyclic amines) is 1. The topological polar surface area (TPSA) is 82.8 Å². The van der Waals surface area contributed by atoms with Crippen LogP contribution in [0.1, 0.15) is 40.7 Å². The summed E-state index contributed by atoms with van der Waals surface area (Å²) in [4.78, 5) is 14.9. The summed E-state index contributed by atoms with van der Waals surface area (Å²) >= 11 is 0. The molecule has 0 spiro atoms. The van der Waals surface area contributed by atoms with Gasteiger partial charge >= 0.3 is 5.97 Å². The normalized spacial score (nSPS) is 18.8. The van der Waals surface area contributed by atoms with Gasteiger partial charge in [0.25, 0.3) is 0 Å². The van der Waals surface area contributed by atoms with Gasteiger partial charge in [-0.1, -0.05) is 84.9 Å². The third-order valence-corrected chi connectivity index (χ3v) is 7.92. The van der Waals surface area contributed by atoms with E-state index in [2.05, 4.69) is 25.1 Å². The summed E-state index contributed by atoms with van der Waals surface area (Å²) in [5.74, 6) is -1.74. The van der Waals surface area contributed by atoms with Crippen LogP contribution in [-0.2, 0) is 34.0 Å². The highest BCUT2D eigenvalue weighted by atomic mass is 19.1. The highest BCUT2D eigenvalue weighted by molar-refractivity contribution is 5.77. The van der Waals surface area contributed by atoms with Gasteiger partial charge in [-0.2, -0.15) is 5.26 Å². The Balaban J connectivity index is 1.37. The van der Waals surface area contributed by atoms with Crippen molar-refractivity contribution in [3.8, 4) is 17.2 Å². The van der Waals surface area contributed by atoms with Crippen LogP contribution in [0.4, 0.5) is 4.39 Å². The number of benzene rings is 4. The molecule has 7 heteroatoms. The molecule has 2 unspecified atom stereocenters. The Morgan fingerprint density at radius 2 is 1.74 bits per heavy atom. The van der Waals surface area contributed by atoms with E-state index >= 15 is 0 Å². The van der Waals surface area contributed by atoms with Gasteiger partial charge < -0.3 is 14.6 Å². The third kappa shape index (κ3) is 6.42. The molecule has 42 heavy (non-hydrogen) atoms. The number of halogens is 1. The maximum absolute atomic E-state index is 13.9. The molecule has 5 rings (SSSR count). The molecule has 0 aromatic heterocycles. The monoisotopic (exact) mass is 564 g/mol. The Morgan fingerprint density at radius 1 is 1.00 bits per heavy atom. The fraction of sp³-hybridized carbons (Fsp3) is 0.257. The van der Waals surface area contributed by atoms with E-state index in [4.69, 9.17) is 9.47 Å². The number of nitrogens with zero attached hydrogens (tertiary/aromatic N) is 2. The summed E-state index contributed by atoms with van der Waals surface area (Å²) in [6.45, 7) is 3.14. The molecule has 2 atom stereocenters. The SMILES string of the molecule is Cc1c(COC2CCN(Cc3ccccc3)C(OCc3ccc(F)c(C#N)c3)(C(=O)O)C2)cccc1-c1ccccc1. The Bertz CT molecular complexity index is 1570. The molecule has 6 nitrogen and oxygen atoms in total. The predicted molar refractivity (Wildman–Crippen MR) is 158 cm³/mol. The van der Waals surface area contributed by atoms with Crippen molar-refractivity contribution >= 4 is 5.97 Å². The fourth-order valence-corrected chi connectivity index (χ4v) is 5.54. The number of rotatable bonds is 10. The van der Waals surface area contributed by atoms with Crippen LogP contribution in [0.3, 0.4) is 0 Å². The second-order valence-electron chi connectivity index (χ2n) is 10.6. The first-order valence-electron chi connectivity index (χ1n) is 14.0. The van der Waals surface area contributed by atoms with Crippen molar-refractivity contribution in [2.75, 3.05) is 6.54 Å². The first kappa shape index (κ1) is 29.2. The molecule has 4 aromatic rings. The van der Waals surface area contributed by atoms with E-state index < -0.39 is 17.5 Å². The number of hydrogen-bond acceptors (Lipinski definition) is 5. The molecule has 0 saturated carbocycles. The molecule has 4 aromatic carbocycles. The third-order valence-electron chi connectivity index (χ3n) is 7.92. The van der Waals surface area contributed by atoms with E-state index in [1.54, 1.807) is 0 Å². The molecule has 0 amide bonds. The maximum Gasteiger partial charge on any atom is 0.351 e. The Labute approximate surface area is 245 Å². The minimum atomic E-state index is -1.68. The van der Waals surface area contributed by atoms with E-state index in [9.17, 15) is 19.6 Å². The van der Waals surface area contributed by atoms with Gasteiger partial charge in [-0.05, 0) is 58.9 Å². The minimum Gasteiger partial charge on any atom is -0.478 e. The highest BCUT2D eigenvalue weighted by Gasteiger charge is 2.50. The fourth-order valence-electron chi connectivity index (χ4n) is 5.54. The van der Waals surface area contributed by atoms with Gasteiger partial charge in [0.05, 0.1) is 24.9 Å². The predicted octanol–water partition coefficient (Wildman–Crippen LogP) is 6.85. The number of carboxylic acid groups (broad SMARTS) is 1. The lowest BCUT2D eigenvalue weighted by molar-refractivity contribution is -0.227. The lowest BCUT2D eigenvalue weighted by Gasteiger charge is -2.46. The average Bonchev–Trinajstić information content (AvgIpc) is 3.02.